The second-order valence-electron chi connectivity index (χ2n) is 5.50. The summed E-state index contributed by atoms with van der Waals surface area (Å²) in [5.41, 5.74) is 1.22. The standard InChI is InChI=1S/C16H25FN2O/c1-12(2)19(4)10-6-5-9-18-16(20)15-8-7-14(17)11-13(15)3/h7-8,11-12H,5-6,9-10H2,1-4H3,(H,18,20). The van der Waals surface area contributed by atoms with E-state index in [0.717, 1.165) is 19.4 Å². The van der Waals surface area contributed by atoms with Gasteiger partial charge >= 0.3 is 0 Å². The molecule has 1 aromatic rings. The zero-order valence-electron chi connectivity index (χ0n) is 12.9. The van der Waals surface area contributed by atoms with Crippen LogP contribution in [0.1, 0.15) is 42.6 Å². The number of hydrogen-bond donors (Lipinski definition) is 1. The third-order valence-electron chi connectivity index (χ3n) is 3.54. The van der Waals surface area contributed by atoms with E-state index in [2.05, 4.69) is 31.1 Å². The Hall–Kier alpha value is -1.42. The molecule has 0 bridgehead atoms. The lowest BCUT2D eigenvalue weighted by Gasteiger charge is -2.20. The van der Waals surface area contributed by atoms with Gasteiger partial charge in [-0.25, -0.2) is 4.39 Å². The Morgan fingerprint density at radius 2 is 2.05 bits per heavy atom. The number of nitrogens with one attached hydrogen (secondary N) is 1. The van der Waals surface area contributed by atoms with Gasteiger partial charge in [-0.3, -0.25) is 4.79 Å². The maximum absolute atomic E-state index is 13.0. The quantitative estimate of drug-likeness (QED) is 0.779. The van der Waals surface area contributed by atoms with Gasteiger partial charge in [0.15, 0.2) is 0 Å². The van der Waals surface area contributed by atoms with Crippen LogP contribution in [-0.2, 0) is 0 Å². The molecule has 0 fully saturated rings. The summed E-state index contributed by atoms with van der Waals surface area (Å²) >= 11 is 0. The molecule has 20 heavy (non-hydrogen) atoms. The number of carbonyl (C=O) groups excluding carboxylic acids is 1. The number of aryl methyl sites for hydroxylation is 1. The maximum atomic E-state index is 13.0. The molecule has 0 radical (unpaired) electrons. The Morgan fingerprint density at radius 3 is 2.65 bits per heavy atom. The van der Waals surface area contributed by atoms with Crippen LogP contribution in [0, 0.1) is 12.7 Å². The van der Waals surface area contributed by atoms with Gasteiger partial charge < -0.3 is 10.2 Å². The fraction of sp³-hybridized carbons (Fsp3) is 0.562. The highest BCUT2D eigenvalue weighted by molar-refractivity contribution is 5.95. The van der Waals surface area contributed by atoms with Gasteiger partial charge in [-0.2, -0.15) is 0 Å². The van der Waals surface area contributed by atoms with E-state index in [0.29, 0.717) is 23.7 Å². The van der Waals surface area contributed by atoms with E-state index >= 15 is 0 Å². The molecule has 4 heteroatoms. The van der Waals surface area contributed by atoms with Crippen molar-refractivity contribution in [1.82, 2.24) is 10.2 Å². The van der Waals surface area contributed by atoms with Crippen molar-refractivity contribution in [3.63, 3.8) is 0 Å². The van der Waals surface area contributed by atoms with Crippen molar-refractivity contribution in [2.24, 2.45) is 0 Å². The lowest BCUT2D eigenvalue weighted by atomic mass is 10.1. The van der Waals surface area contributed by atoms with E-state index in [1.807, 2.05) is 0 Å². The summed E-state index contributed by atoms with van der Waals surface area (Å²) in [6, 6.07) is 4.78. The number of carbonyl (C=O) groups is 1. The van der Waals surface area contributed by atoms with Crippen molar-refractivity contribution < 1.29 is 9.18 Å². The SMILES string of the molecule is Cc1cc(F)ccc1C(=O)NCCCCN(C)C(C)C. The van der Waals surface area contributed by atoms with Gasteiger partial charge in [-0.05, 0) is 71.0 Å². The van der Waals surface area contributed by atoms with Gasteiger partial charge in [0.05, 0.1) is 0 Å². The van der Waals surface area contributed by atoms with Gasteiger partial charge in [0.1, 0.15) is 5.82 Å². The fourth-order valence-electron chi connectivity index (χ4n) is 1.92. The normalized spacial score (nSPS) is 11.2. The monoisotopic (exact) mass is 280 g/mol. The van der Waals surface area contributed by atoms with Crippen LogP contribution < -0.4 is 5.32 Å². The van der Waals surface area contributed by atoms with Gasteiger partial charge in [-0.15, -0.1) is 0 Å². The lowest BCUT2D eigenvalue weighted by Crippen LogP contribution is -2.29. The first-order valence-electron chi connectivity index (χ1n) is 7.16. The van der Waals surface area contributed by atoms with E-state index in [4.69, 9.17) is 0 Å². The molecule has 0 atom stereocenters. The van der Waals surface area contributed by atoms with E-state index in [1.54, 1.807) is 6.92 Å². The van der Waals surface area contributed by atoms with E-state index in [1.165, 1.54) is 18.2 Å². The maximum Gasteiger partial charge on any atom is 0.251 e. The third kappa shape index (κ3) is 5.29. The topological polar surface area (TPSA) is 32.3 Å². The number of nitrogens with zero attached hydrogens (tertiary/aromatic N) is 1. The van der Waals surface area contributed by atoms with Gasteiger partial charge in [0.2, 0.25) is 0 Å². The summed E-state index contributed by atoms with van der Waals surface area (Å²) in [6.45, 7) is 7.76. The van der Waals surface area contributed by atoms with Crippen molar-refractivity contribution in [1.29, 1.82) is 0 Å². The molecule has 0 heterocycles. The summed E-state index contributed by atoms with van der Waals surface area (Å²) in [7, 11) is 2.10. The highest BCUT2D eigenvalue weighted by Gasteiger charge is 2.09. The molecule has 3 nitrogen and oxygen atoms in total. The largest absolute Gasteiger partial charge is 0.352 e. The van der Waals surface area contributed by atoms with Crippen molar-refractivity contribution >= 4 is 5.91 Å². The Morgan fingerprint density at radius 1 is 1.35 bits per heavy atom. The molecule has 0 spiro atoms. The van der Waals surface area contributed by atoms with Crippen LogP contribution in [0.15, 0.2) is 18.2 Å². The van der Waals surface area contributed by atoms with E-state index in [9.17, 15) is 9.18 Å². The van der Waals surface area contributed by atoms with E-state index < -0.39 is 0 Å². The predicted molar refractivity (Wildman–Crippen MR) is 80.5 cm³/mol. The molecule has 0 aliphatic carbocycles. The average molecular weight is 280 g/mol. The predicted octanol–water partition coefficient (Wildman–Crippen LogP) is 2.98. The second-order valence-corrected chi connectivity index (χ2v) is 5.50. The molecule has 0 saturated carbocycles. The van der Waals surface area contributed by atoms with Crippen LogP contribution in [0.2, 0.25) is 0 Å². The van der Waals surface area contributed by atoms with Gasteiger partial charge in [0, 0.05) is 18.2 Å². The Labute approximate surface area is 121 Å². The zero-order valence-corrected chi connectivity index (χ0v) is 12.9. The van der Waals surface area contributed by atoms with Crippen LogP contribution in [0.4, 0.5) is 4.39 Å². The highest BCUT2D eigenvalue weighted by atomic mass is 19.1. The molecule has 0 saturated heterocycles. The van der Waals surface area contributed by atoms with Crippen LogP contribution in [0.3, 0.4) is 0 Å². The lowest BCUT2D eigenvalue weighted by molar-refractivity contribution is 0.0952. The number of rotatable bonds is 7. The summed E-state index contributed by atoms with van der Waals surface area (Å²) in [4.78, 5) is 14.2. The Bertz CT molecular complexity index is 446. The first-order valence-corrected chi connectivity index (χ1v) is 7.16. The first kappa shape index (κ1) is 16.6. The Kier molecular flexibility index (Phi) is 6.65. The molecule has 0 aliphatic rings. The number of halogens is 1. The molecule has 0 aromatic heterocycles. The summed E-state index contributed by atoms with van der Waals surface area (Å²) in [6.07, 6.45) is 2.00. The number of amides is 1. The summed E-state index contributed by atoms with van der Waals surface area (Å²) < 4.78 is 13.0. The smallest absolute Gasteiger partial charge is 0.251 e. The third-order valence-corrected chi connectivity index (χ3v) is 3.54. The second kappa shape index (κ2) is 8.00. The first-order chi connectivity index (χ1) is 9.41. The molecule has 0 aliphatic heterocycles. The molecule has 1 rings (SSSR count). The van der Waals surface area contributed by atoms with Gasteiger partial charge in [-0.1, -0.05) is 0 Å². The fourth-order valence-corrected chi connectivity index (χ4v) is 1.92. The number of hydrogen-bond acceptors (Lipinski definition) is 2. The Balaban J connectivity index is 2.30. The van der Waals surface area contributed by atoms with Crippen LogP contribution >= 0.6 is 0 Å². The highest BCUT2D eigenvalue weighted by Crippen LogP contribution is 2.09. The molecule has 112 valence electrons. The minimum atomic E-state index is -0.309. The van der Waals surface area contributed by atoms with Crippen LogP contribution in [0.5, 0.6) is 0 Å². The molecule has 0 unspecified atom stereocenters. The molecule has 1 N–H and O–H groups in total. The van der Waals surface area contributed by atoms with Crippen LogP contribution in [-0.4, -0.2) is 37.0 Å². The molecular formula is C16H25FN2O. The van der Waals surface area contributed by atoms with E-state index in [-0.39, 0.29) is 11.7 Å². The minimum absolute atomic E-state index is 0.125. The minimum Gasteiger partial charge on any atom is -0.352 e. The zero-order chi connectivity index (χ0) is 15.1. The van der Waals surface area contributed by atoms with Gasteiger partial charge in [0.25, 0.3) is 5.91 Å². The van der Waals surface area contributed by atoms with Crippen molar-refractivity contribution in [2.45, 2.75) is 39.7 Å². The molecule has 1 aromatic carbocycles. The van der Waals surface area contributed by atoms with Crippen molar-refractivity contribution in [3.05, 3.63) is 35.1 Å². The summed E-state index contributed by atoms with van der Waals surface area (Å²) in [5, 5.41) is 2.88. The summed E-state index contributed by atoms with van der Waals surface area (Å²) in [5.74, 6) is -0.435. The number of unbranched alkanes of at least 4 members (excludes halogenated alkanes) is 1. The van der Waals surface area contributed by atoms with Crippen molar-refractivity contribution in [2.75, 3.05) is 20.1 Å². The molecular weight excluding hydrogens is 255 g/mol. The van der Waals surface area contributed by atoms with Crippen molar-refractivity contribution in [3.8, 4) is 0 Å². The van der Waals surface area contributed by atoms with Crippen LogP contribution in [0.25, 0.3) is 0 Å². The molecule has 1 amide bonds. The number of benzene rings is 1. The average Bonchev–Trinajstić information content (AvgIpc) is 2.37.